The van der Waals surface area contributed by atoms with Crippen LogP contribution in [0.2, 0.25) is 0 Å². The van der Waals surface area contributed by atoms with Crippen LogP contribution in [-0.2, 0) is 6.42 Å². The van der Waals surface area contributed by atoms with Gasteiger partial charge in [0.15, 0.2) is 0 Å². The highest BCUT2D eigenvalue weighted by Crippen LogP contribution is 2.28. The Morgan fingerprint density at radius 3 is 2.38 bits per heavy atom. The van der Waals surface area contributed by atoms with Crippen LogP contribution in [0.15, 0.2) is 18.2 Å². The smallest absolute Gasteiger partial charge is 0.129 e. The molecule has 0 aliphatic rings. The lowest BCUT2D eigenvalue weighted by molar-refractivity contribution is 0.141. The molecule has 0 aliphatic heterocycles. The van der Waals surface area contributed by atoms with E-state index in [0.717, 1.165) is 6.07 Å². The fourth-order valence-corrected chi connectivity index (χ4v) is 1.84. The summed E-state index contributed by atoms with van der Waals surface area (Å²) in [5, 5.41) is 0. The Bertz CT molecular complexity index is 349. The molecule has 1 rings (SSSR count). The maximum Gasteiger partial charge on any atom is 0.129 e. The first-order chi connectivity index (χ1) is 7.50. The van der Waals surface area contributed by atoms with Crippen LogP contribution in [0.5, 0.6) is 0 Å². The molecule has 1 aromatic rings. The number of rotatable bonds is 5. The first kappa shape index (κ1) is 13.1. The highest BCUT2D eigenvalue weighted by atomic mass is 19.1. The van der Waals surface area contributed by atoms with E-state index in [-0.39, 0.29) is 12.0 Å². The van der Waals surface area contributed by atoms with Gasteiger partial charge in [0, 0.05) is 12.5 Å². The molecule has 0 spiro atoms. The summed E-state index contributed by atoms with van der Waals surface area (Å²) in [5.41, 5.74) is -1.13. The van der Waals surface area contributed by atoms with E-state index in [9.17, 15) is 13.2 Å². The molecule has 0 aliphatic carbocycles. The summed E-state index contributed by atoms with van der Waals surface area (Å²) in [7, 11) is 0. The van der Waals surface area contributed by atoms with Crippen LogP contribution in [0, 0.1) is 11.6 Å². The Kier molecular flexibility index (Phi) is 4.39. The van der Waals surface area contributed by atoms with Crippen molar-refractivity contribution in [2.75, 3.05) is 0 Å². The Hall–Kier alpha value is -0.990. The van der Waals surface area contributed by atoms with E-state index in [2.05, 4.69) is 0 Å². The molecular weight excluding hydrogens is 213 g/mol. The minimum atomic E-state index is -1.38. The number of benzene rings is 1. The van der Waals surface area contributed by atoms with Gasteiger partial charge < -0.3 is 0 Å². The van der Waals surface area contributed by atoms with Gasteiger partial charge in [-0.15, -0.1) is 0 Å². The van der Waals surface area contributed by atoms with Crippen molar-refractivity contribution in [1.29, 1.82) is 0 Å². The molecule has 0 fully saturated rings. The molecule has 0 nitrogen and oxygen atoms in total. The van der Waals surface area contributed by atoms with Crippen molar-refractivity contribution in [2.45, 2.75) is 45.2 Å². The molecule has 90 valence electrons. The molecule has 0 radical (unpaired) electrons. The average molecular weight is 230 g/mol. The first-order valence-electron chi connectivity index (χ1n) is 5.63. The maximum absolute atomic E-state index is 14.2. The predicted octanol–water partition coefficient (Wildman–Crippen LogP) is 4.43. The van der Waals surface area contributed by atoms with Crippen molar-refractivity contribution in [1.82, 2.24) is 0 Å². The van der Waals surface area contributed by atoms with Crippen molar-refractivity contribution in [2.24, 2.45) is 0 Å². The first-order valence-corrected chi connectivity index (χ1v) is 5.63. The van der Waals surface area contributed by atoms with Crippen LogP contribution in [0.4, 0.5) is 13.2 Å². The molecule has 16 heavy (non-hydrogen) atoms. The van der Waals surface area contributed by atoms with Gasteiger partial charge in [0.25, 0.3) is 0 Å². The molecule has 0 aromatic heterocycles. The van der Waals surface area contributed by atoms with Gasteiger partial charge in [-0.1, -0.05) is 26.3 Å². The van der Waals surface area contributed by atoms with E-state index in [1.165, 1.54) is 12.1 Å². The molecule has 3 heteroatoms. The highest BCUT2D eigenvalue weighted by Gasteiger charge is 2.27. The molecule has 0 bridgehead atoms. The molecule has 0 amide bonds. The molecule has 0 N–H and O–H groups in total. The second kappa shape index (κ2) is 5.37. The SMILES string of the molecule is CCCC(F)(CC)Cc1ccc(F)cc1F. The Morgan fingerprint density at radius 1 is 1.19 bits per heavy atom. The molecule has 1 atom stereocenters. The zero-order chi connectivity index (χ0) is 12.2. The van der Waals surface area contributed by atoms with Gasteiger partial charge in [0.2, 0.25) is 0 Å². The van der Waals surface area contributed by atoms with Gasteiger partial charge in [-0.3, -0.25) is 0 Å². The fourth-order valence-electron chi connectivity index (χ4n) is 1.84. The number of hydrogen-bond donors (Lipinski definition) is 0. The van der Waals surface area contributed by atoms with Crippen molar-refractivity contribution >= 4 is 0 Å². The van der Waals surface area contributed by atoms with Crippen LogP contribution in [0.25, 0.3) is 0 Å². The Balaban J connectivity index is 2.85. The van der Waals surface area contributed by atoms with Gasteiger partial charge in [0.05, 0.1) is 0 Å². The fraction of sp³-hybridized carbons (Fsp3) is 0.538. The third kappa shape index (κ3) is 3.26. The van der Waals surface area contributed by atoms with Crippen LogP contribution in [0.3, 0.4) is 0 Å². The van der Waals surface area contributed by atoms with Gasteiger partial charge >= 0.3 is 0 Å². The minimum Gasteiger partial charge on any atom is -0.244 e. The third-order valence-electron chi connectivity index (χ3n) is 2.85. The zero-order valence-electron chi connectivity index (χ0n) is 9.69. The minimum absolute atomic E-state index is 0.0173. The van der Waals surface area contributed by atoms with E-state index >= 15 is 0 Å². The molecule has 0 saturated heterocycles. The predicted molar refractivity (Wildman–Crippen MR) is 59.1 cm³/mol. The van der Waals surface area contributed by atoms with E-state index in [1.54, 1.807) is 6.92 Å². The van der Waals surface area contributed by atoms with Gasteiger partial charge in [-0.2, -0.15) is 0 Å². The van der Waals surface area contributed by atoms with Gasteiger partial charge in [0.1, 0.15) is 17.3 Å². The zero-order valence-corrected chi connectivity index (χ0v) is 9.69. The second-order valence-corrected chi connectivity index (χ2v) is 4.17. The summed E-state index contributed by atoms with van der Waals surface area (Å²) in [6.07, 6.45) is 1.48. The van der Waals surface area contributed by atoms with Gasteiger partial charge in [-0.25, -0.2) is 13.2 Å². The van der Waals surface area contributed by atoms with E-state index in [4.69, 9.17) is 0 Å². The highest BCUT2D eigenvalue weighted by molar-refractivity contribution is 5.20. The van der Waals surface area contributed by atoms with E-state index in [0.29, 0.717) is 19.3 Å². The summed E-state index contributed by atoms with van der Waals surface area (Å²) in [5.74, 6) is -1.29. The van der Waals surface area contributed by atoms with Crippen molar-refractivity contribution in [3.63, 3.8) is 0 Å². The Labute approximate surface area is 94.5 Å². The lowest BCUT2D eigenvalue weighted by Crippen LogP contribution is -2.25. The summed E-state index contributed by atoms with van der Waals surface area (Å²) in [4.78, 5) is 0. The van der Waals surface area contributed by atoms with Crippen LogP contribution >= 0.6 is 0 Å². The lowest BCUT2D eigenvalue weighted by atomic mass is 9.89. The van der Waals surface area contributed by atoms with E-state index < -0.39 is 17.3 Å². The van der Waals surface area contributed by atoms with Crippen molar-refractivity contribution in [3.8, 4) is 0 Å². The molecule has 1 aromatic carbocycles. The summed E-state index contributed by atoms with van der Waals surface area (Å²) < 4.78 is 40.3. The summed E-state index contributed by atoms with van der Waals surface area (Å²) in [6.45, 7) is 3.64. The lowest BCUT2D eigenvalue weighted by Gasteiger charge is -2.23. The number of hydrogen-bond acceptors (Lipinski definition) is 0. The maximum atomic E-state index is 14.2. The molecule has 1 unspecified atom stereocenters. The van der Waals surface area contributed by atoms with Crippen LogP contribution in [0.1, 0.15) is 38.7 Å². The Morgan fingerprint density at radius 2 is 1.88 bits per heavy atom. The average Bonchev–Trinajstić information content (AvgIpc) is 2.23. The van der Waals surface area contributed by atoms with E-state index in [1.807, 2.05) is 6.92 Å². The number of alkyl halides is 1. The largest absolute Gasteiger partial charge is 0.244 e. The molecular formula is C13H17F3. The van der Waals surface area contributed by atoms with Gasteiger partial charge in [-0.05, 0) is 24.5 Å². The van der Waals surface area contributed by atoms with Crippen molar-refractivity contribution in [3.05, 3.63) is 35.4 Å². The van der Waals surface area contributed by atoms with Crippen LogP contribution in [-0.4, -0.2) is 5.67 Å². The van der Waals surface area contributed by atoms with Crippen LogP contribution < -0.4 is 0 Å². The normalized spacial score (nSPS) is 14.8. The summed E-state index contributed by atoms with van der Waals surface area (Å²) >= 11 is 0. The number of halogens is 3. The third-order valence-corrected chi connectivity index (χ3v) is 2.85. The standard InChI is InChI=1S/C13H17F3/c1-3-7-13(16,4-2)9-10-5-6-11(14)8-12(10)15/h5-6,8H,3-4,7,9H2,1-2H3. The van der Waals surface area contributed by atoms with Crippen molar-refractivity contribution < 1.29 is 13.2 Å². The molecule has 0 saturated carbocycles. The second-order valence-electron chi connectivity index (χ2n) is 4.17. The quantitative estimate of drug-likeness (QED) is 0.702. The summed E-state index contributed by atoms with van der Waals surface area (Å²) in [6, 6.07) is 3.29. The monoisotopic (exact) mass is 230 g/mol. The topological polar surface area (TPSA) is 0 Å². The molecule has 0 heterocycles.